The lowest BCUT2D eigenvalue weighted by molar-refractivity contribution is -0.137. The summed E-state index contributed by atoms with van der Waals surface area (Å²) in [4.78, 5) is 25.1. The van der Waals surface area contributed by atoms with Crippen molar-refractivity contribution in [3.8, 4) is 0 Å². The van der Waals surface area contributed by atoms with Crippen LogP contribution in [0.15, 0.2) is 15.9 Å². The Morgan fingerprint density at radius 2 is 2.19 bits per heavy atom. The zero-order valence-corrected chi connectivity index (χ0v) is 14.7. The summed E-state index contributed by atoms with van der Waals surface area (Å²) in [5, 5.41) is 13.5. The van der Waals surface area contributed by atoms with Gasteiger partial charge in [0.25, 0.3) is 0 Å². The van der Waals surface area contributed by atoms with Crippen molar-refractivity contribution in [2.45, 2.75) is 32.7 Å². The fraction of sp³-hybridized carbons (Fsp3) is 0.571. The summed E-state index contributed by atoms with van der Waals surface area (Å²) in [6, 6.07) is 1.90. The molecule has 0 spiro atoms. The predicted molar refractivity (Wildman–Crippen MR) is 87.5 cm³/mol. The van der Waals surface area contributed by atoms with Crippen molar-refractivity contribution in [1.29, 1.82) is 0 Å². The van der Waals surface area contributed by atoms with Crippen LogP contribution in [0.2, 0.25) is 0 Å². The van der Waals surface area contributed by atoms with E-state index in [1.54, 1.807) is 23.3 Å². The number of thiophene rings is 1. The second-order valence-electron chi connectivity index (χ2n) is 5.15. The summed E-state index contributed by atoms with van der Waals surface area (Å²) in [5.74, 6) is -0.479. The van der Waals surface area contributed by atoms with E-state index in [1.165, 1.54) is 0 Å². The molecule has 1 aromatic rings. The second kappa shape index (κ2) is 9.04. The quantitative estimate of drug-likeness (QED) is 0.728. The van der Waals surface area contributed by atoms with E-state index < -0.39 is 5.97 Å². The highest BCUT2D eigenvalue weighted by atomic mass is 79.9. The number of urea groups is 1. The van der Waals surface area contributed by atoms with E-state index >= 15 is 0 Å². The van der Waals surface area contributed by atoms with Crippen LogP contribution in [0.1, 0.15) is 31.1 Å². The van der Waals surface area contributed by atoms with Gasteiger partial charge in [0.2, 0.25) is 0 Å². The lowest BCUT2D eigenvalue weighted by atomic mass is 10.0. The van der Waals surface area contributed by atoms with Crippen molar-refractivity contribution in [2.24, 2.45) is 5.92 Å². The first-order valence-electron chi connectivity index (χ1n) is 6.82. The summed E-state index contributed by atoms with van der Waals surface area (Å²) >= 11 is 5.00. The Labute approximate surface area is 137 Å². The number of nitrogens with one attached hydrogen (secondary N) is 1. The van der Waals surface area contributed by atoms with Gasteiger partial charge in [0.15, 0.2) is 0 Å². The first-order valence-corrected chi connectivity index (χ1v) is 8.49. The zero-order chi connectivity index (χ0) is 15.8. The van der Waals surface area contributed by atoms with Crippen LogP contribution in [0.5, 0.6) is 0 Å². The van der Waals surface area contributed by atoms with Crippen molar-refractivity contribution in [1.82, 2.24) is 10.2 Å². The average Bonchev–Trinajstić information content (AvgIpc) is 2.81. The lowest BCUT2D eigenvalue weighted by Crippen LogP contribution is -2.37. The van der Waals surface area contributed by atoms with E-state index in [-0.39, 0.29) is 12.5 Å². The average molecular weight is 377 g/mol. The number of aliphatic carboxylic acids is 1. The van der Waals surface area contributed by atoms with Crippen LogP contribution >= 0.6 is 27.3 Å². The predicted octanol–water partition coefficient (Wildman–Crippen LogP) is 3.54. The zero-order valence-electron chi connectivity index (χ0n) is 12.3. The number of halogens is 1. The number of amides is 2. The fourth-order valence-corrected chi connectivity index (χ4v) is 3.32. The first kappa shape index (κ1) is 18.0. The van der Waals surface area contributed by atoms with Gasteiger partial charge in [-0.25, -0.2) is 4.79 Å². The van der Waals surface area contributed by atoms with E-state index in [0.29, 0.717) is 25.4 Å². The van der Waals surface area contributed by atoms with Crippen molar-refractivity contribution >= 4 is 39.3 Å². The molecule has 0 fully saturated rings. The number of carboxylic acid groups (broad SMARTS) is 1. The smallest absolute Gasteiger partial charge is 0.317 e. The van der Waals surface area contributed by atoms with Gasteiger partial charge < -0.3 is 15.3 Å². The molecule has 0 aliphatic rings. The Hall–Kier alpha value is -1.08. The normalized spacial score (nSPS) is 12.0. The molecule has 2 amide bonds. The van der Waals surface area contributed by atoms with E-state index in [4.69, 9.17) is 5.11 Å². The molecule has 7 heteroatoms. The van der Waals surface area contributed by atoms with Gasteiger partial charge in [-0.2, -0.15) is 0 Å². The van der Waals surface area contributed by atoms with Gasteiger partial charge in [0.05, 0.1) is 6.54 Å². The summed E-state index contributed by atoms with van der Waals surface area (Å²) in [6.45, 7) is 3.15. The van der Waals surface area contributed by atoms with Gasteiger partial charge in [0.1, 0.15) is 0 Å². The van der Waals surface area contributed by atoms with Crippen LogP contribution in [-0.4, -0.2) is 35.6 Å². The van der Waals surface area contributed by atoms with Crippen LogP contribution in [0, 0.1) is 5.92 Å². The van der Waals surface area contributed by atoms with Crippen molar-refractivity contribution in [2.75, 3.05) is 13.6 Å². The molecule has 0 aromatic carbocycles. The maximum absolute atomic E-state index is 11.9. The fourth-order valence-electron chi connectivity index (χ4n) is 1.82. The first-order chi connectivity index (χ1) is 9.88. The summed E-state index contributed by atoms with van der Waals surface area (Å²) in [6.07, 6.45) is 1.62. The van der Waals surface area contributed by atoms with Crippen LogP contribution in [-0.2, 0) is 11.3 Å². The van der Waals surface area contributed by atoms with Gasteiger partial charge in [-0.3, -0.25) is 4.79 Å². The second-order valence-corrected chi connectivity index (χ2v) is 7.06. The van der Waals surface area contributed by atoms with Crippen LogP contribution in [0.25, 0.3) is 0 Å². The van der Waals surface area contributed by atoms with Gasteiger partial charge in [-0.05, 0) is 40.8 Å². The minimum absolute atomic E-state index is 0.107. The molecule has 1 aromatic heterocycles. The topological polar surface area (TPSA) is 69.6 Å². The maximum Gasteiger partial charge on any atom is 0.317 e. The lowest BCUT2D eigenvalue weighted by Gasteiger charge is -2.18. The molecule has 118 valence electrons. The molecule has 5 nitrogen and oxygen atoms in total. The molecule has 0 radical (unpaired) electrons. The minimum atomic E-state index is -0.771. The highest BCUT2D eigenvalue weighted by Crippen LogP contribution is 2.20. The number of hydrogen-bond donors (Lipinski definition) is 2. The Morgan fingerprint density at radius 1 is 1.48 bits per heavy atom. The molecular formula is C14H21BrN2O3S. The van der Waals surface area contributed by atoms with Gasteiger partial charge in [0, 0.05) is 34.7 Å². The molecule has 1 rings (SSSR count). The molecule has 0 bridgehead atoms. The van der Waals surface area contributed by atoms with Gasteiger partial charge in [-0.15, -0.1) is 11.3 Å². The maximum atomic E-state index is 11.9. The van der Waals surface area contributed by atoms with E-state index in [0.717, 1.165) is 15.8 Å². The van der Waals surface area contributed by atoms with Crippen LogP contribution < -0.4 is 5.32 Å². The summed E-state index contributed by atoms with van der Waals surface area (Å²) in [7, 11) is 1.76. The molecule has 2 N–H and O–H groups in total. The van der Waals surface area contributed by atoms with Crippen molar-refractivity contribution < 1.29 is 14.7 Å². The van der Waals surface area contributed by atoms with Gasteiger partial charge in [-0.1, -0.05) is 6.92 Å². The molecular weight excluding hydrogens is 356 g/mol. The number of carboxylic acids is 1. The monoisotopic (exact) mass is 376 g/mol. The number of carbonyl (C=O) groups excluding carboxylic acids is 1. The molecule has 1 heterocycles. The Bertz CT molecular complexity index is 479. The third-order valence-electron chi connectivity index (χ3n) is 3.13. The van der Waals surface area contributed by atoms with E-state index in [2.05, 4.69) is 21.2 Å². The molecule has 0 saturated carbocycles. The van der Waals surface area contributed by atoms with Crippen LogP contribution in [0.4, 0.5) is 4.79 Å². The Balaban J connectivity index is 2.22. The largest absolute Gasteiger partial charge is 0.481 e. The highest BCUT2D eigenvalue weighted by Gasteiger charge is 2.11. The van der Waals surface area contributed by atoms with E-state index in [9.17, 15) is 9.59 Å². The summed E-state index contributed by atoms with van der Waals surface area (Å²) < 4.78 is 1.03. The summed E-state index contributed by atoms with van der Waals surface area (Å²) in [5.41, 5.74) is 0. The van der Waals surface area contributed by atoms with Crippen molar-refractivity contribution in [3.05, 3.63) is 20.8 Å². The number of hydrogen-bond acceptors (Lipinski definition) is 3. The molecule has 1 unspecified atom stereocenters. The van der Waals surface area contributed by atoms with E-state index in [1.807, 2.05) is 18.4 Å². The Morgan fingerprint density at radius 3 is 2.76 bits per heavy atom. The molecule has 0 aliphatic heterocycles. The molecule has 21 heavy (non-hydrogen) atoms. The highest BCUT2D eigenvalue weighted by molar-refractivity contribution is 9.10. The number of rotatable bonds is 8. The molecule has 0 saturated heterocycles. The number of carbonyl (C=O) groups is 2. The number of nitrogens with zero attached hydrogens (tertiary/aromatic N) is 1. The van der Waals surface area contributed by atoms with Crippen LogP contribution in [0.3, 0.4) is 0 Å². The third-order valence-corrected chi connectivity index (χ3v) is 4.81. The van der Waals surface area contributed by atoms with Crippen molar-refractivity contribution in [3.63, 3.8) is 0 Å². The molecule has 1 atom stereocenters. The SMILES string of the molecule is CC(CCNC(=O)N(C)Cc1cc(Br)cs1)CCC(=O)O. The Kier molecular flexibility index (Phi) is 7.74. The van der Waals surface area contributed by atoms with Gasteiger partial charge >= 0.3 is 12.0 Å². The minimum Gasteiger partial charge on any atom is -0.481 e. The third kappa shape index (κ3) is 7.47. The molecule has 0 aliphatic carbocycles. The standard InChI is InChI=1S/C14H21BrN2O3S/c1-10(3-4-13(18)19)5-6-16-14(20)17(2)8-12-7-11(15)9-21-12/h7,9-10H,3-6,8H2,1-2H3,(H,16,20)(H,18,19).